The first-order valence-corrected chi connectivity index (χ1v) is 7.69. The number of hydrogen-bond acceptors (Lipinski definition) is 5. The van der Waals surface area contributed by atoms with Crippen LogP contribution in [0.3, 0.4) is 0 Å². The van der Waals surface area contributed by atoms with Crippen molar-refractivity contribution in [1.82, 2.24) is 9.55 Å². The van der Waals surface area contributed by atoms with Crippen LogP contribution in [0.1, 0.15) is 24.6 Å². The zero-order valence-electron chi connectivity index (χ0n) is 12.3. The van der Waals surface area contributed by atoms with Gasteiger partial charge in [0.1, 0.15) is 24.0 Å². The minimum Gasteiger partial charge on any atom is -0.390 e. The highest BCUT2D eigenvalue weighted by atomic mass is 16.6. The molecule has 1 saturated heterocycles. The van der Waals surface area contributed by atoms with Crippen molar-refractivity contribution in [2.45, 2.75) is 50.4 Å². The van der Waals surface area contributed by atoms with E-state index >= 15 is 0 Å². The molecule has 118 valence electrons. The number of aliphatic hydroxyl groups is 3. The van der Waals surface area contributed by atoms with Crippen LogP contribution >= 0.6 is 0 Å². The summed E-state index contributed by atoms with van der Waals surface area (Å²) in [4.78, 5) is 4.35. The number of aliphatic hydroxyl groups excluding tert-OH is 3. The quantitative estimate of drug-likeness (QED) is 0.778. The summed E-state index contributed by atoms with van der Waals surface area (Å²) < 4.78 is 7.55. The van der Waals surface area contributed by atoms with Gasteiger partial charge in [-0.25, -0.2) is 4.98 Å². The second-order valence-corrected chi connectivity index (χ2v) is 6.39. The molecule has 0 spiro atoms. The second-order valence-electron chi connectivity index (χ2n) is 6.39. The normalized spacial score (nSPS) is 33.5. The van der Waals surface area contributed by atoms with E-state index in [2.05, 4.69) is 4.98 Å². The molecule has 2 aliphatic rings. The van der Waals surface area contributed by atoms with Crippen LogP contribution in [-0.4, -0.2) is 49.3 Å². The molecule has 2 fully saturated rings. The van der Waals surface area contributed by atoms with Crippen LogP contribution in [0, 0.1) is 12.8 Å². The molecule has 6 heteroatoms. The number of aromatic nitrogens is 2. The van der Waals surface area contributed by atoms with Gasteiger partial charge in [-0.2, -0.15) is 0 Å². The summed E-state index contributed by atoms with van der Waals surface area (Å²) in [6.45, 7) is 1.99. The third-order valence-corrected chi connectivity index (χ3v) is 4.82. The summed E-state index contributed by atoms with van der Waals surface area (Å²) in [5.41, 5.74) is 1.80. The third-order valence-electron chi connectivity index (χ3n) is 4.82. The highest BCUT2D eigenvalue weighted by Crippen LogP contribution is 2.41. The van der Waals surface area contributed by atoms with Crippen LogP contribution in [0.25, 0.3) is 11.0 Å². The molecule has 6 nitrogen and oxygen atoms in total. The van der Waals surface area contributed by atoms with E-state index in [0.29, 0.717) is 5.65 Å². The Bertz CT molecular complexity index is 697. The second kappa shape index (κ2) is 5.03. The number of ether oxygens (including phenoxy) is 1. The molecule has 5 atom stereocenters. The molecule has 1 aliphatic carbocycles. The average molecular weight is 304 g/mol. The van der Waals surface area contributed by atoms with Crippen LogP contribution in [0.5, 0.6) is 0 Å². The Morgan fingerprint density at radius 3 is 2.77 bits per heavy atom. The molecule has 0 unspecified atom stereocenters. The molecular formula is C16H20N2O4. The molecule has 1 saturated carbocycles. The Morgan fingerprint density at radius 1 is 1.27 bits per heavy atom. The monoisotopic (exact) mass is 304 g/mol. The molecule has 4 rings (SSSR count). The van der Waals surface area contributed by atoms with Crippen LogP contribution in [0.15, 0.2) is 24.5 Å². The van der Waals surface area contributed by atoms with Crippen LogP contribution < -0.4 is 0 Å². The van der Waals surface area contributed by atoms with Crippen molar-refractivity contribution in [3.8, 4) is 0 Å². The summed E-state index contributed by atoms with van der Waals surface area (Å²) in [7, 11) is 0. The van der Waals surface area contributed by atoms with E-state index in [4.69, 9.17) is 4.74 Å². The van der Waals surface area contributed by atoms with Crippen molar-refractivity contribution < 1.29 is 20.1 Å². The smallest absolute Gasteiger partial charge is 0.164 e. The Morgan fingerprint density at radius 2 is 2.05 bits per heavy atom. The summed E-state index contributed by atoms with van der Waals surface area (Å²) in [6.07, 6.45) is 1.00. The van der Waals surface area contributed by atoms with Crippen LogP contribution in [-0.2, 0) is 4.74 Å². The Balaban J connectivity index is 1.68. The number of nitrogens with zero attached hydrogens (tertiary/aromatic N) is 2. The number of hydrogen-bond donors (Lipinski definition) is 3. The van der Waals surface area contributed by atoms with E-state index in [1.54, 1.807) is 17.0 Å². The number of pyridine rings is 1. The Kier molecular flexibility index (Phi) is 3.23. The first-order valence-electron chi connectivity index (χ1n) is 7.69. The molecule has 1 aliphatic heterocycles. The highest BCUT2D eigenvalue weighted by molar-refractivity contribution is 5.79. The largest absolute Gasteiger partial charge is 0.390 e. The van der Waals surface area contributed by atoms with Crippen molar-refractivity contribution in [2.24, 2.45) is 5.92 Å². The lowest BCUT2D eigenvalue weighted by Crippen LogP contribution is -2.39. The predicted molar refractivity (Wildman–Crippen MR) is 79.1 cm³/mol. The van der Waals surface area contributed by atoms with Gasteiger partial charge in [-0.05, 0) is 43.4 Å². The minimum atomic E-state index is -1.09. The van der Waals surface area contributed by atoms with Crippen LogP contribution in [0.4, 0.5) is 0 Å². The van der Waals surface area contributed by atoms with E-state index in [1.165, 1.54) is 0 Å². The van der Waals surface area contributed by atoms with Gasteiger partial charge in [-0.15, -0.1) is 0 Å². The lowest BCUT2D eigenvalue weighted by molar-refractivity contribution is -0.0895. The van der Waals surface area contributed by atoms with Gasteiger partial charge in [0.15, 0.2) is 6.23 Å². The molecule has 0 aromatic carbocycles. The SMILES string of the molecule is Cc1ccnc2c1ccn2[C@@H]1O[C@H]([C@H](O)C2CC2)[C@@H](O)[C@H]1O. The first-order chi connectivity index (χ1) is 10.6. The summed E-state index contributed by atoms with van der Waals surface area (Å²) in [6, 6.07) is 3.85. The molecule has 2 aromatic heterocycles. The van der Waals surface area contributed by atoms with Gasteiger partial charge in [-0.1, -0.05) is 0 Å². The van der Waals surface area contributed by atoms with Crippen molar-refractivity contribution >= 4 is 11.0 Å². The van der Waals surface area contributed by atoms with Crippen LogP contribution in [0.2, 0.25) is 0 Å². The molecule has 0 amide bonds. The van der Waals surface area contributed by atoms with Crippen molar-refractivity contribution in [3.05, 3.63) is 30.1 Å². The molecule has 3 heterocycles. The number of fused-ring (bicyclic) bond motifs is 1. The molecule has 2 aromatic rings. The van der Waals surface area contributed by atoms with Crippen molar-refractivity contribution in [1.29, 1.82) is 0 Å². The van der Waals surface area contributed by atoms with E-state index in [-0.39, 0.29) is 5.92 Å². The van der Waals surface area contributed by atoms with E-state index in [1.807, 2.05) is 19.1 Å². The lowest BCUT2D eigenvalue weighted by atomic mass is 10.0. The fourth-order valence-electron chi connectivity index (χ4n) is 3.30. The first kappa shape index (κ1) is 14.1. The van der Waals surface area contributed by atoms with Gasteiger partial charge in [0.05, 0.1) is 6.10 Å². The van der Waals surface area contributed by atoms with Gasteiger partial charge < -0.3 is 24.6 Å². The highest BCUT2D eigenvalue weighted by Gasteiger charge is 2.50. The summed E-state index contributed by atoms with van der Waals surface area (Å²) in [5, 5.41) is 31.8. The van der Waals surface area contributed by atoms with Gasteiger partial charge in [-0.3, -0.25) is 0 Å². The van der Waals surface area contributed by atoms with Gasteiger partial charge in [0.2, 0.25) is 0 Å². The zero-order chi connectivity index (χ0) is 15.4. The van der Waals surface area contributed by atoms with Crippen molar-refractivity contribution in [2.75, 3.05) is 0 Å². The maximum atomic E-state index is 10.3. The maximum Gasteiger partial charge on any atom is 0.164 e. The fraction of sp³-hybridized carbons (Fsp3) is 0.562. The lowest BCUT2D eigenvalue weighted by Gasteiger charge is -2.20. The Hall–Kier alpha value is -1.47. The van der Waals surface area contributed by atoms with Gasteiger partial charge in [0, 0.05) is 17.8 Å². The van der Waals surface area contributed by atoms with E-state index in [9.17, 15) is 15.3 Å². The molecule has 0 radical (unpaired) electrons. The molecule has 22 heavy (non-hydrogen) atoms. The van der Waals surface area contributed by atoms with Crippen molar-refractivity contribution in [3.63, 3.8) is 0 Å². The minimum absolute atomic E-state index is 0.173. The summed E-state index contributed by atoms with van der Waals surface area (Å²) >= 11 is 0. The Labute approximate surface area is 128 Å². The van der Waals surface area contributed by atoms with E-state index in [0.717, 1.165) is 23.8 Å². The fourth-order valence-corrected chi connectivity index (χ4v) is 3.30. The summed E-state index contributed by atoms with van der Waals surface area (Å²) in [5.74, 6) is 0.173. The predicted octanol–water partition coefficient (Wildman–Crippen LogP) is 0.735. The topological polar surface area (TPSA) is 87.7 Å². The van der Waals surface area contributed by atoms with E-state index < -0.39 is 30.6 Å². The standard InChI is InChI=1S/C16H20N2O4/c1-8-4-6-17-15-10(8)5-7-18(15)16-13(21)12(20)14(22-16)11(19)9-2-3-9/h4-7,9,11-14,16,19-21H,2-3H2,1H3/t11-,12+,13-,14-,16-/m1/s1. The molecule has 3 N–H and O–H groups in total. The maximum absolute atomic E-state index is 10.3. The van der Waals surface area contributed by atoms with Gasteiger partial charge >= 0.3 is 0 Å². The average Bonchev–Trinajstić information content (AvgIpc) is 3.21. The number of rotatable bonds is 3. The van der Waals surface area contributed by atoms with Gasteiger partial charge in [0.25, 0.3) is 0 Å². The third kappa shape index (κ3) is 2.06. The molecular weight excluding hydrogens is 284 g/mol. The zero-order valence-corrected chi connectivity index (χ0v) is 12.3. The molecule has 0 bridgehead atoms. The number of aryl methyl sites for hydroxylation is 1.